The zero-order valence-corrected chi connectivity index (χ0v) is 12.9. The maximum absolute atomic E-state index is 12.1. The molecule has 2 aromatic carbocycles. The average Bonchev–Trinajstić information content (AvgIpc) is 2.44. The summed E-state index contributed by atoms with van der Waals surface area (Å²) < 4.78 is 0. The highest BCUT2D eigenvalue weighted by atomic mass is 35.5. The van der Waals surface area contributed by atoms with Crippen LogP contribution in [0, 0.1) is 0 Å². The number of halogens is 1. The second kappa shape index (κ2) is 6.64. The number of rotatable bonds is 4. The van der Waals surface area contributed by atoms with Crippen LogP contribution in [-0.2, 0) is 6.54 Å². The molecule has 4 heteroatoms. The van der Waals surface area contributed by atoms with Gasteiger partial charge < -0.3 is 11.1 Å². The SMILES string of the molecule is CC(C)c1ccc(CNC(=O)c2cc(N)cc(Cl)c2)cc1. The predicted molar refractivity (Wildman–Crippen MR) is 87.6 cm³/mol. The normalized spacial score (nSPS) is 10.7. The van der Waals surface area contributed by atoms with Gasteiger partial charge in [0.15, 0.2) is 0 Å². The Labute approximate surface area is 130 Å². The first-order valence-electron chi connectivity index (χ1n) is 6.89. The first kappa shape index (κ1) is 15.4. The summed E-state index contributed by atoms with van der Waals surface area (Å²) in [5.41, 5.74) is 8.98. The van der Waals surface area contributed by atoms with E-state index >= 15 is 0 Å². The van der Waals surface area contributed by atoms with Crippen molar-refractivity contribution >= 4 is 23.2 Å². The first-order valence-corrected chi connectivity index (χ1v) is 7.26. The van der Waals surface area contributed by atoms with Crippen LogP contribution in [0.4, 0.5) is 5.69 Å². The van der Waals surface area contributed by atoms with Gasteiger partial charge in [-0.05, 0) is 35.2 Å². The van der Waals surface area contributed by atoms with Crippen LogP contribution in [0.15, 0.2) is 42.5 Å². The summed E-state index contributed by atoms with van der Waals surface area (Å²) in [6.07, 6.45) is 0. The Morgan fingerprint density at radius 3 is 2.43 bits per heavy atom. The van der Waals surface area contributed by atoms with Gasteiger partial charge in [0.05, 0.1) is 0 Å². The molecule has 0 aliphatic carbocycles. The molecule has 110 valence electrons. The van der Waals surface area contributed by atoms with E-state index in [-0.39, 0.29) is 5.91 Å². The van der Waals surface area contributed by atoms with Gasteiger partial charge >= 0.3 is 0 Å². The molecule has 0 atom stereocenters. The van der Waals surface area contributed by atoms with Crippen LogP contribution in [0.25, 0.3) is 0 Å². The van der Waals surface area contributed by atoms with Gasteiger partial charge in [0.1, 0.15) is 0 Å². The van der Waals surface area contributed by atoms with E-state index in [2.05, 4.69) is 31.3 Å². The van der Waals surface area contributed by atoms with Crippen LogP contribution < -0.4 is 11.1 Å². The van der Waals surface area contributed by atoms with Crippen LogP contribution in [-0.4, -0.2) is 5.91 Å². The van der Waals surface area contributed by atoms with Gasteiger partial charge in [0, 0.05) is 22.8 Å². The molecule has 0 heterocycles. The molecule has 0 saturated heterocycles. The third-order valence-electron chi connectivity index (χ3n) is 3.28. The number of carbonyl (C=O) groups is 1. The van der Waals surface area contributed by atoms with Crippen LogP contribution >= 0.6 is 11.6 Å². The molecule has 0 aliphatic rings. The Kier molecular flexibility index (Phi) is 4.86. The van der Waals surface area contributed by atoms with Crippen molar-refractivity contribution in [3.8, 4) is 0 Å². The number of benzene rings is 2. The minimum atomic E-state index is -0.183. The number of nitrogens with two attached hydrogens (primary N) is 1. The number of hydrogen-bond donors (Lipinski definition) is 2. The van der Waals surface area contributed by atoms with Crippen molar-refractivity contribution in [1.29, 1.82) is 0 Å². The molecule has 0 aliphatic heterocycles. The lowest BCUT2D eigenvalue weighted by atomic mass is 10.0. The minimum Gasteiger partial charge on any atom is -0.399 e. The van der Waals surface area contributed by atoms with E-state index in [0.717, 1.165) is 5.56 Å². The van der Waals surface area contributed by atoms with Crippen molar-refractivity contribution in [3.63, 3.8) is 0 Å². The third kappa shape index (κ3) is 4.23. The van der Waals surface area contributed by atoms with Crippen molar-refractivity contribution in [3.05, 3.63) is 64.2 Å². The van der Waals surface area contributed by atoms with Gasteiger partial charge in [-0.25, -0.2) is 0 Å². The molecule has 0 unspecified atom stereocenters. The number of amides is 1. The van der Waals surface area contributed by atoms with Gasteiger partial charge in [-0.1, -0.05) is 49.7 Å². The molecule has 0 aromatic heterocycles. The smallest absolute Gasteiger partial charge is 0.251 e. The maximum atomic E-state index is 12.1. The van der Waals surface area contributed by atoms with Crippen molar-refractivity contribution in [2.24, 2.45) is 0 Å². The predicted octanol–water partition coefficient (Wildman–Crippen LogP) is 3.98. The summed E-state index contributed by atoms with van der Waals surface area (Å²) in [4.78, 5) is 12.1. The first-order chi connectivity index (χ1) is 9.95. The van der Waals surface area contributed by atoms with E-state index in [0.29, 0.717) is 28.7 Å². The summed E-state index contributed by atoms with van der Waals surface area (Å²) in [6.45, 7) is 4.78. The second-order valence-electron chi connectivity index (χ2n) is 5.35. The minimum absolute atomic E-state index is 0.183. The molecule has 0 saturated carbocycles. The fraction of sp³-hybridized carbons (Fsp3) is 0.235. The highest BCUT2D eigenvalue weighted by Crippen LogP contribution is 2.17. The molecule has 2 aromatic rings. The Balaban J connectivity index is 2.00. The molecule has 2 rings (SSSR count). The van der Waals surface area contributed by atoms with Crippen molar-refractivity contribution in [2.75, 3.05) is 5.73 Å². The zero-order valence-electron chi connectivity index (χ0n) is 12.2. The molecule has 3 N–H and O–H groups in total. The molecule has 0 radical (unpaired) electrons. The van der Waals surface area contributed by atoms with E-state index in [1.165, 1.54) is 5.56 Å². The number of nitrogen functional groups attached to an aromatic ring is 1. The van der Waals surface area contributed by atoms with Crippen LogP contribution in [0.3, 0.4) is 0 Å². The summed E-state index contributed by atoms with van der Waals surface area (Å²) >= 11 is 5.90. The average molecular weight is 303 g/mol. The fourth-order valence-corrected chi connectivity index (χ4v) is 2.29. The topological polar surface area (TPSA) is 55.1 Å². The highest BCUT2D eigenvalue weighted by molar-refractivity contribution is 6.31. The van der Waals surface area contributed by atoms with E-state index in [1.807, 2.05) is 12.1 Å². The number of carbonyl (C=O) groups excluding carboxylic acids is 1. The second-order valence-corrected chi connectivity index (χ2v) is 5.79. The lowest BCUT2D eigenvalue weighted by Gasteiger charge is -2.09. The monoisotopic (exact) mass is 302 g/mol. The number of hydrogen-bond acceptors (Lipinski definition) is 2. The quantitative estimate of drug-likeness (QED) is 0.839. The maximum Gasteiger partial charge on any atom is 0.251 e. The van der Waals surface area contributed by atoms with Crippen molar-refractivity contribution in [2.45, 2.75) is 26.3 Å². The Bertz CT molecular complexity index is 615. The largest absolute Gasteiger partial charge is 0.399 e. The highest BCUT2D eigenvalue weighted by Gasteiger charge is 2.07. The summed E-state index contributed by atoms with van der Waals surface area (Å²) in [5, 5.41) is 3.32. The Morgan fingerprint density at radius 1 is 1.19 bits per heavy atom. The summed E-state index contributed by atoms with van der Waals surface area (Å²) in [7, 11) is 0. The molecular formula is C17H19ClN2O. The molecule has 0 spiro atoms. The third-order valence-corrected chi connectivity index (χ3v) is 3.50. The molecule has 1 amide bonds. The molecule has 0 bridgehead atoms. The van der Waals surface area contributed by atoms with Crippen molar-refractivity contribution < 1.29 is 4.79 Å². The van der Waals surface area contributed by atoms with Crippen molar-refractivity contribution in [1.82, 2.24) is 5.32 Å². The van der Waals surface area contributed by atoms with Crippen LogP contribution in [0.1, 0.15) is 41.3 Å². The molecular weight excluding hydrogens is 284 g/mol. The Morgan fingerprint density at radius 2 is 1.86 bits per heavy atom. The van der Waals surface area contributed by atoms with E-state index in [4.69, 9.17) is 17.3 Å². The number of anilines is 1. The van der Waals surface area contributed by atoms with E-state index < -0.39 is 0 Å². The van der Waals surface area contributed by atoms with Gasteiger partial charge in [-0.2, -0.15) is 0 Å². The van der Waals surface area contributed by atoms with E-state index in [1.54, 1.807) is 18.2 Å². The number of nitrogens with one attached hydrogen (secondary N) is 1. The van der Waals surface area contributed by atoms with Crippen LogP contribution in [0.5, 0.6) is 0 Å². The molecule has 21 heavy (non-hydrogen) atoms. The zero-order chi connectivity index (χ0) is 15.4. The lowest BCUT2D eigenvalue weighted by molar-refractivity contribution is 0.0951. The van der Waals surface area contributed by atoms with Gasteiger partial charge in [0.25, 0.3) is 5.91 Å². The lowest BCUT2D eigenvalue weighted by Crippen LogP contribution is -2.22. The molecule has 3 nitrogen and oxygen atoms in total. The van der Waals surface area contributed by atoms with Gasteiger partial charge in [-0.15, -0.1) is 0 Å². The van der Waals surface area contributed by atoms with Gasteiger partial charge in [0.2, 0.25) is 0 Å². The Hall–Kier alpha value is -2.00. The van der Waals surface area contributed by atoms with E-state index in [9.17, 15) is 4.79 Å². The summed E-state index contributed by atoms with van der Waals surface area (Å²) in [5.74, 6) is 0.320. The summed E-state index contributed by atoms with van der Waals surface area (Å²) in [6, 6.07) is 13.1. The standard InChI is InChI=1S/C17H19ClN2O/c1-11(2)13-5-3-12(4-6-13)10-20-17(21)14-7-15(18)9-16(19)8-14/h3-9,11H,10,19H2,1-2H3,(H,20,21). The molecule has 0 fully saturated rings. The fourth-order valence-electron chi connectivity index (χ4n) is 2.05. The van der Waals surface area contributed by atoms with Gasteiger partial charge in [-0.3, -0.25) is 4.79 Å². The van der Waals surface area contributed by atoms with Crippen LogP contribution in [0.2, 0.25) is 5.02 Å².